The molecule has 62 heavy (non-hydrogen) atoms. The van der Waals surface area contributed by atoms with Crippen molar-refractivity contribution in [2.75, 3.05) is 51.6 Å². The standard InChI is InChI=1S/C38H68O23S/c1-53-22(42)10-8-6-4-2-3-5-7-9-12-62-13-11-54-35-31(51)27(47)33(19(15-40)57-35)61-38-32(52)28(48)34(20(16-41)58-38)60-37-30(50)26(46)24(44)21(59-37)17-55-36-29(49)25(45)23(43)18(14-39)56-36/h18-21,23-41,43-52H,2-17H2,1H3/t18-,19-,20-,21-,23-,24-,25+,26+,27-,28-,29-,30-,31-,32-,33-,34-,35+,36-,37+,38+/m1/s1. The lowest BCUT2D eigenvalue weighted by Crippen LogP contribution is -2.66. The van der Waals surface area contributed by atoms with Crippen LogP contribution in [0.1, 0.15) is 57.8 Å². The van der Waals surface area contributed by atoms with E-state index in [9.17, 15) is 71.2 Å². The first-order valence-electron chi connectivity index (χ1n) is 21.1. The fourth-order valence-electron chi connectivity index (χ4n) is 7.52. The van der Waals surface area contributed by atoms with E-state index in [1.54, 1.807) is 11.8 Å². The van der Waals surface area contributed by atoms with Crippen LogP contribution in [-0.2, 0) is 47.4 Å². The van der Waals surface area contributed by atoms with Crippen LogP contribution in [0, 0.1) is 0 Å². The second-order valence-corrected chi connectivity index (χ2v) is 17.0. The third-order valence-electron chi connectivity index (χ3n) is 11.3. The van der Waals surface area contributed by atoms with Crippen molar-refractivity contribution in [2.45, 2.75) is 181 Å². The van der Waals surface area contributed by atoms with Crippen LogP contribution < -0.4 is 0 Å². The highest BCUT2D eigenvalue weighted by molar-refractivity contribution is 7.99. The van der Waals surface area contributed by atoms with Crippen LogP contribution in [0.15, 0.2) is 0 Å². The van der Waals surface area contributed by atoms with Crippen LogP contribution in [0.25, 0.3) is 0 Å². The Morgan fingerprint density at radius 2 is 0.887 bits per heavy atom. The largest absolute Gasteiger partial charge is 0.469 e. The minimum Gasteiger partial charge on any atom is -0.469 e. The van der Waals surface area contributed by atoms with Crippen molar-refractivity contribution >= 4 is 17.7 Å². The Kier molecular flexibility index (Phi) is 23.3. The number of hydrogen-bond donors (Lipinski definition) is 13. The van der Waals surface area contributed by atoms with Crippen molar-refractivity contribution in [3.63, 3.8) is 0 Å². The van der Waals surface area contributed by atoms with Gasteiger partial charge in [-0.05, 0) is 18.6 Å². The molecule has 4 fully saturated rings. The van der Waals surface area contributed by atoms with Crippen molar-refractivity contribution in [2.24, 2.45) is 0 Å². The van der Waals surface area contributed by atoms with E-state index in [1.807, 2.05) is 0 Å². The van der Waals surface area contributed by atoms with Gasteiger partial charge >= 0.3 is 5.97 Å². The summed E-state index contributed by atoms with van der Waals surface area (Å²) in [7, 11) is 1.39. The van der Waals surface area contributed by atoms with Crippen LogP contribution >= 0.6 is 11.8 Å². The van der Waals surface area contributed by atoms with E-state index >= 15 is 0 Å². The smallest absolute Gasteiger partial charge is 0.305 e. The molecule has 24 heteroatoms. The molecule has 4 heterocycles. The molecule has 0 aromatic carbocycles. The van der Waals surface area contributed by atoms with Gasteiger partial charge in [0.2, 0.25) is 0 Å². The van der Waals surface area contributed by atoms with Crippen LogP contribution in [0.4, 0.5) is 0 Å². The van der Waals surface area contributed by atoms with Crippen LogP contribution in [0.3, 0.4) is 0 Å². The lowest BCUT2D eigenvalue weighted by molar-refractivity contribution is -0.381. The normalized spacial score (nSPS) is 41.6. The zero-order chi connectivity index (χ0) is 45.5. The number of carbonyl (C=O) groups is 1. The van der Waals surface area contributed by atoms with E-state index in [2.05, 4.69) is 4.74 Å². The summed E-state index contributed by atoms with van der Waals surface area (Å²) < 4.78 is 49.3. The van der Waals surface area contributed by atoms with Gasteiger partial charge in [-0.1, -0.05) is 38.5 Å². The summed E-state index contributed by atoms with van der Waals surface area (Å²) in [5, 5.41) is 136. The summed E-state index contributed by atoms with van der Waals surface area (Å²) in [6, 6.07) is 0. The third-order valence-corrected chi connectivity index (χ3v) is 12.4. The predicted molar refractivity (Wildman–Crippen MR) is 209 cm³/mol. The van der Waals surface area contributed by atoms with Gasteiger partial charge in [-0.2, -0.15) is 11.8 Å². The van der Waals surface area contributed by atoms with Gasteiger partial charge in [0, 0.05) is 12.2 Å². The van der Waals surface area contributed by atoms with Gasteiger partial charge in [-0.25, -0.2) is 0 Å². The van der Waals surface area contributed by atoms with Crippen molar-refractivity contribution in [1.82, 2.24) is 0 Å². The molecule has 23 nitrogen and oxygen atoms in total. The molecule has 364 valence electrons. The Hall–Kier alpha value is -1.02. The zero-order valence-corrected chi connectivity index (χ0v) is 35.5. The average molecular weight is 925 g/mol. The van der Waals surface area contributed by atoms with Crippen molar-refractivity contribution < 1.29 is 114 Å². The molecule has 0 spiro atoms. The highest BCUT2D eigenvalue weighted by atomic mass is 32.2. The summed E-state index contributed by atoms with van der Waals surface area (Å²) >= 11 is 1.65. The molecule has 0 bridgehead atoms. The number of thioether (sulfide) groups is 1. The highest BCUT2D eigenvalue weighted by Crippen LogP contribution is 2.33. The molecule has 13 N–H and O–H groups in total. The molecule has 4 aliphatic heterocycles. The van der Waals surface area contributed by atoms with Gasteiger partial charge in [-0.3, -0.25) is 4.79 Å². The SMILES string of the molecule is COC(=O)CCCCCCCCCCSCCO[C@H]1O[C@H](CO)[C@@H](O[C@@H]2O[C@H](CO)[C@@H](O[C@@H]3O[C@H](CO[C@@H]4O[C@H](CO)[C@@H](O)[C@H](O)[C@H]4O)[C@@H](O)[C@H](O)[C@H]3O)[C@H](O)[C@H]2O)[C@H](O)[C@H]1O. The molecule has 0 aromatic heterocycles. The summed E-state index contributed by atoms with van der Waals surface area (Å²) in [6.07, 6.45) is -25.2. The van der Waals surface area contributed by atoms with Gasteiger partial charge in [0.25, 0.3) is 0 Å². The molecule has 0 saturated carbocycles. The maximum absolute atomic E-state index is 11.2. The predicted octanol–water partition coefficient (Wildman–Crippen LogP) is -5.31. The first-order valence-corrected chi connectivity index (χ1v) is 22.3. The zero-order valence-electron chi connectivity index (χ0n) is 34.7. The molecule has 4 aliphatic rings. The maximum Gasteiger partial charge on any atom is 0.305 e. The Labute approximate surface area is 363 Å². The molecule has 4 saturated heterocycles. The molecule has 0 aliphatic carbocycles. The number of hydrogen-bond acceptors (Lipinski definition) is 24. The number of esters is 1. The third kappa shape index (κ3) is 14.5. The Balaban J connectivity index is 1.21. The van der Waals surface area contributed by atoms with E-state index < -0.39 is 149 Å². The Morgan fingerprint density at radius 3 is 1.44 bits per heavy atom. The average Bonchev–Trinajstić information content (AvgIpc) is 3.27. The van der Waals surface area contributed by atoms with Gasteiger partial charge in [0.1, 0.15) is 97.7 Å². The first-order chi connectivity index (χ1) is 29.7. The molecular formula is C38H68O23S. The monoisotopic (exact) mass is 924 g/mol. The van der Waals surface area contributed by atoms with E-state index in [4.69, 9.17) is 37.9 Å². The second-order valence-electron chi connectivity index (χ2n) is 15.8. The van der Waals surface area contributed by atoms with Crippen LogP contribution in [0.5, 0.6) is 0 Å². The highest BCUT2D eigenvalue weighted by Gasteiger charge is 2.54. The molecule has 0 radical (unpaired) electrons. The molecule has 20 atom stereocenters. The molecule has 4 rings (SSSR count). The summed E-state index contributed by atoms with van der Waals surface area (Å²) in [6.45, 7) is -2.89. The fourth-order valence-corrected chi connectivity index (χ4v) is 8.35. The minimum atomic E-state index is -2.00. The Morgan fingerprint density at radius 1 is 0.468 bits per heavy atom. The number of ether oxygens (including phenoxy) is 9. The van der Waals surface area contributed by atoms with Gasteiger partial charge in [0.05, 0.1) is 40.1 Å². The number of aliphatic hydroxyl groups is 13. The van der Waals surface area contributed by atoms with Crippen LogP contribution in [0.2, 0.25) is 0 Å². The summed E-state index contributed by atoms with van der Waals surface area (Å²) in [5.41, 5.74) is 0. The number of methoxy groups -OCH3 is 1. The van der Waals surface area contributed by atoms with Crippen molar-refractivity contribution in [3.05, 3.63) is 0 Å². The summed E-state index contributed by atoms with van der Waals surface area (Å²) in [5.74, 6) is 1.29. The lowest BCUT2D eigenvalue weighted by atomic mass is 9.96. The Bertz CT molecular complexity index is 1260. The van der Waals surface area contributed by atoms with Crippen LogP contribution in [-0.4, -0.2) is 247 Å². The molecule has 0 amide bonds. The molecule has 0 aromatic rings. The van der Waals surface area contributed by atoms with E-state index in [0.717, 1.165) is 57.1 Å². The number of unbranched alkanes of at least 4 members (excludes halogenated alkanes) is 7. The number of aliphatic hydroxyl groups excluding tert-OH is 13. The number of rotatable bonds is 25. The van der Waals surface area contributed by atoms with E-state index in [-0.39, 0.29) is 12.6 Å². The quantitative estimate of drug-likeness (QED) is 0.0300. The second kappa shape index (κ2) is 27.0. The maximum atomic E-state index is 11.2. The van der Waals surface area contributed by atoms with Gasteiger partial charge in [0.15, 0.2) is 25.2 Å². The van der Waals surface area contributed by atoms with Gasteiger partial charge in [-0.15, -0.1) is 0 Å². The fraction of sp³-hybridized carbons (Fsp3) is 0.974. The topological polar surface area (TPSA) is 363 Å². The van der Waals surface area contributed by atoms with E-state index in [0.29, 0.717) is 12.2 Å². The molecule has 0 unspecified atom stereocenters. The lowest BCUT2D eigenvalue weighted by Gasteiger charge is -2.48. The molecular weight excluding hydrogens is 856 g/mol. The van der Waals surface area contributed by atoms with Crippen molar-refractivity contribution in [1.29, 1.82) is 0 Å². The first kappa shape index (κ1) is 53.6. The van der Waals surface area contributed by atoms with Crippen molar-refractivity contribution in [3.8, 4) is 0 Å². The van der Waals surface area contributed by atoms with Gasteiger partial charge < -0.3 is 109 Å². The summed E-state index contributed by atoms with van der Waals surface area (Å²) in [4.78, 5) is 11.2. The minimum absolute atomic E-state index is 0.159. The van der Waals surface area contributed by atoms with E-state index in [1.165, 1.54) is 7.11 Å². The number of carbonyl (C=O) groups excluding carboxylic acids is 1.